The van der Waals surface area contributed by atoms with Gasteiger partial charge in [0.25, 0.3) is 10.0 Å². The number of ether oxygens (including phenoxy) is 1. The number of amides is 2. The van der Waals surface area contributed by atoms with Crippen molar-refractivity contribution < 1.29 is 22.7 Å². The van der Waals surface area contributed by atoms with E-state index in [0.29, 0.717) is 17.9 Å². The lowest BCUT2D eigenvalue weighted by molar-refractivity contribution is -0.140. The second-order valence-corrected chi connectivity index (χ2v) is 11.6. The molecule has 2 unspecified atom stereocenters. The van der Waals surface area contributed by atoms with Gasteiger partial charge in [-0.05, 0) is 68.7 Å². The Morgan fingerprint density at radius 1 is 0.900 bits per heavy atom. The molecule has 8 nitrogen and oxygen atoms in total. The Balaban J connectivity index is 2.04. The van der Waals surface area contributed by atoms with Gasteiger partial charge in [-0.1, -0.05) is 61.9 Å². The van der Waals surface area contributed by atoms with E-state index in [9.17, 15) is 18.0 Å². The molecule has 1 N–H and O–H groups in total. The molecule has 0 aliphatic rings. The number of carbonyl (C=O) groups excluding carboxylic acids is 2. The van der Waals surface area contributed by atoms with Gasteiger partial charge in [0, 0.05) is 12.6 Å². The predicted molar refractivity (Wildman–Crippen MR) is 158 cm³/mol. The topological polar surface area (TPSA) is 96.0 Å². The molecule has 3 aromatic carbocycles. The van der Waals surface area contributed by atoms with Crippen LogP contribution in [-0.2, 0) is 26.2 Å². The summed E-state index contributed by atoms with van der Waals surface area (Å²) in [5.41, 5.74) is 2.06. The quantitative estimate of drug-likeness (QED) is 0.317. The van der Waals surface area contributed by atoms with Crippen LogP contribution in [0.1, 0.15) is 44.7 Å². The minimum Gasteiger partial charge on any atom is -0.497 e. The fourth-order valence-corrected chi connectivity index (χ4v) is 5.67. The third kappa shape index (κ3) is 7.63. The van der Waals surface area contributed by atoms with Crippen LogP contribution in [0.15, 0.2) is 83.8 Å². The zero-order valence-electron chi connectivity index (χ0n) is 23.8. The minimum absolute atomic E-state index is 0.0621. The van der Waals surface area contributed by atoms with E-state index in [1.54, 1.807) is 36.4 Å². The molecule has 0 radical (unpaired) electrons. The Morgan fingerprint density at radius 3 is 2.08 bits per heavy atom. The van der Waals surface area contributed by atoms with Crippen LogP contribution in [0.25, 0.3) is 0 Å². The van der Waals surface area contributed by atoms with Gasteiger partial charge in [0.15, 0.2) is 0 Å². The smallest absolute Gasteiger partial charge is 0.264 e. The van der Waals surface area contributed by atoms with E-state index in [2.05, 4.69) is 5.32 Å². The molecule has 0 saturated carbocycles. The largest absolute Gasteiger partial charge is 0.497 e. The maximum atomic E-state index is 14.1. The van der Waals surface area contributed by atoms with Crippen molar-refractivity contribution in [2.75, 3.05) is 18.0 Å². The number of nitrogens with one attached hydrogen (secondary N) is 1. The molecule has 40 heavy (non-hydrogen) atoms. The van der Waals surface area contributed by atoms with Gasteiger partial charge in [-0.3, -0.25) is 13.9 Å². The molecular weight excluding hydrogens is 526 g/mol. The Kier molecular flexibility index (Phi) is 10.7. The predicted octanol–water partition coefficient (Wildman–Crippen LogP) is 4.92. The van der Waals surface area contributed by atoms with E-state index in [0.717, 1.165) is 21.9 Å². The molecule has 0 aliphatic heterocycles. The first-order valence-electron chi connectivity index (χ1n) is 13.5. The fraction of sp³-hybridized carbons (Fsp3) is 0.355. The molecular formula is C31H39N3O5S. The molecule has 0 heterocycles. The number of benzene rings is 3. The van der Waals surface area contributed by atoms with Gasteiger partial charge < -0.3 is 15.0 Å². The molecule has 9 heteroatoms. The Bertz CT molecular complexity index is 1360. The SMILES string of the molecule is CCC(C)NC(=O)C(CC)N(Cc1ccccc1)C(=O)CN(c1ccc(OC)cc1)S(=O)(=O)c1ccc(C)cc1. The Morgan fingerprint density at radius 2 is 1.52 bits per heavy atom. The monoisotopic (exact) mass is 565 g/mol. The molecule has 0 aromatic heterocycles. The van der Waals surface area contributed by atoms with Crippen molar-refractivity contribution in [3.05, 3.63) is 90.0 Å². The van der Waals surface area contributed by atoms with Gasteiger partial charge in [0.1, 0.15) is 18.3 Å². The lowest BCUT2D eigenvalue weighted by Gasteiger charge is -2.33. The van der Waals surface area contributed by atoms with Crippen LogP contribution in [0.3, 0.4) is 0 Å². The molecule has 2 amide bonds. The highest BCUT2D eigenvalue weighted by molar-refractivity contribution is 7.92. The first-order valence-corrected chi connectivity index (χ1v) is 14.9. The molecule has 3 aromatic rings. The van der Waals surface area contributed by atoms with Crippen LogP contribution in [0.5, 0.6) is 5.75 Å². The van der Waals surface area contributed by atoms with Crippen molar-refractivity contribution in [2.45, 2.75) is 64.1 Å². The third-order valence-electron chi connectivity index (χ3n) is 6.83. The van der Waals surface area contributed by atoms with E-state index in [4.69, 9.17) is 4.74 Å². The molecule has 214 valence electrons. The number of sulfonamides is 1. The zero-order valence-corrected chi connectivity index (χ0v) is 24.6. The Labute approximate surface area is 238 Å². The number of nitrogens with zero attached hydrogens (tertiary/aromatic N) is 2. The summed E-state index contributed by atoms with van der Waals surface area (Å²) >= 11 is 0. The number of rotatable bonds is 13. The maximum absolute atomic E-state index is 14.1. The van der Waals surface area contributed by atoms with Crippen LogP contribution in [-0.4, -0.2) is 50.9 Å². The lowest BCUT2D eigenvalue weighted by Crippen LogP contribution is -2.53. The zero-order chi connectivity index (χ0) is 29.3. The summed E-state index contributed by atoms with van der Waals surface area (Å²) in [5, 5.41) is 2.98. The third-order valence-corrected chi connectivity index (χ3v) is 8.62. The van der Waals surface area contributed by atoms with Gasteiger partial charge in [0.2, 0.25) is 11.8 Å². The van der Waals surface area contributed by atoms with Gasteiger partial charge in [-0.15, -0.1) is 0 Å². The van der Waals surface area contributed by atoms with Crippen LogP contribution < -0.4 is 14.4 Å². The van der Waals surface area contributed by atoms with Gasteiger partial charge in [0.05, 0.1) is 17.7 Å². The normalized spacial score (nSPS) is 12.7. The summed E-state index contributed by atoms with van der Waals surface area (Å²) in [6.07, 6.45) is 1.11. The first kappa shape index (κ1) is 30.7. The Hall–Kier alpha value is -3.85. The van der Waals surface area contributed by atoms with E-state index in [1.807, 2.05) is 58.0 Å². The van der Waals surface area contributed by atoms with Crippen molar-refractivity contribution in [2.24, 2.45) is 0 Å². The summed E-state index contributed by atoms with van der Waals surface area (Å²) in [6.45, 7) is 7.28. The molecule has 3 rings (SSSR count). The average Bonchev–Trinajstić information content (AvgIpc) is 2.96. The molecule has 0 fully saturated rings. The molecule has 2 atom stereocenters. The number of hydrogen-bond acceptors (Lipinski definition) is 5. The van der Waals surface area contributed by atoms with Gasteiger partial charge in [-0.25, -0.2) is 8.42 Å². The van der Waals surface area contributed by atoms with Crippen LogP contribution in [0, 0.1) is 6.92 Å². The van der Waals surface area contributed by atoms with Gasteiger partial charge >= 0.3 is 0 Å². The number of hydrogen-bond donors (Lipinski definition) is 1. The van der Waals surface area contributed by atoms with E-state index in [-0.39, 0.29) is 23.4 Å². The second-order valence-electron chi connectivity index (χ2n) is 9.77. The molecule has 0 spiro atoms. The number of anilines is 1. The van der Waals surface area contributed by atoms with E-state index in [1.165, 1.54) is 24.1 Å². The van der Waals surface area contributed by atoms with E-state index < -0.39 is 28.5 Å². The molecule has 0 bridgehead atoms. The fourth-order valence-electron chi connectivity index (χ4n) is 4.26. The summed E-state index contributed by atoms with van der Waals surface area (Å²) in [7, 11) is -2.60. The second kappa shape index (κ2) is 14.0. The summed E-state index contributed by atoms with van der Waals surface area (Å²) in [6, 6.07) is 21.5. The first-order chi connectivity index (χ1) is 19.1. The highest BCUT2D eigenvalue weighted by Gasteiger charge is 2.34. The van der Waals surface area contributed by atoms with Crippen LogP contribution >= 0.6 is 0 Å². The summed E-state index contributed by atoms with van der Waals surface area (Å²) in [5.74, 6) is -0.193. The number of methoxy groups -OCH3 is 1. The maximum Gasteiger partial charge on any atom is 0.264 e. The highest BCUT2D eigenvalue weighted by Crippen LogP contribution is 2.27. The minimum atomic E-state index is -4.12. The number of aryl methyl sites for hydroxylation is 1. The average molecular weight is 566 g/mol. The molecule has 0 saturated heterocycles. The van der Waals surface area contributed by atoms with Gasteiger partial charge in [-0.2, -0.15) is 0 Å². The summed E-state index contributed by atoms with van der Waals surface area (Å²) in [4.78, 5) is 28.9. The van der Waals surface area contributed by atoms with Crippen molar-refractivity contribution >= 4 is 27.5 Å². The van der Waals surface area contributed by atoms with Crippen molar-refractivity contribution in [3.63, 3.8) is 0 Å². The van der Waals surface area contributed by atoms with Crippen molar-refractivity contribution in [3.8, 4) is 5.75 Å². The van der Waals surface area contributed by atoms with Crippen molar-refractivity contribution in [1.29, 1.82) is 0 Å². The van der Waals surface area contributed by atoms with E-state index >= 15 is 0 Å². The highest BCUT2D eigenvalue weighted by atomic mass is 32.2. The van der Waals surface area contributed by atoms with Crippen LogP contribution in [0.4, 0.5) is 5.69 Å². The van der Waals surface area contributed by atoms with Crippen molar-refractivity contribution in [1.82, 2.24) is 10.2 Å². The number of carbonyl (C=O) groups is 2. The molecule has 0 aliphatic carbocycles. The summed E-state index contributed by atoms with van der Waals surface area (Å²) < 4.78 is 34.2. The lowest BCUT2D eigenvalue weighted by atomic mass is 10.1. The van der Waals surface area contributed by atoms with Crippen LogP contribution in [0.2, 0.25) is 0 Å². The standard InChI is InChI=1S/C31H39N3O5S/c1-6-24(4)32-31(36)29(7-2)33(21-25-11-9-8-10-12-25)30(35)22-34(26-15-17-27(39-5)18-16-26)40(37,38)28-19-13-23(3)14-20-28/h8-20,24,29H,6-7,21-22H2,1-5H3,(H,32,36).